The minimum Gasteiger partial charge on any atom is -0.352 e. The number of anilines is 1. The first-order valence-electron chi connectivity index (χ1n) is 12.8. The quantitative estimate of drug-likeness (QED) is 0.227. The number of hydrogen-bond acceptors (Lipinski definition) is 9. The van der Waals surface area contributed by atoms with E-state index in [0.717, 1.165) is 4.68 Å². The third-order valence-corrected chi connectivity index (χ3v) is 6.44. The number of hydrogen-bond donors (Lipinski definition) is 2. The Morgan fingerprint density at radius 1 is 1.07 bits per heavy atom. The van der Waals surface area contributed by atoms with Crippen molar-refractivity contribution < 1.29 is 31.5 Å². The molecule has 0 fully saturated rings. The van der Waals surface area contributed by atoms with Crippen molar-refractivity contribution in [2.75, 3.05) is 11.9 Å². The van der Waals surface area contributed by atoms with Gasteiger partial charge in [0, 0.05) is 12.7 Å². The Labute approximate surface area is 254 Å². The van der Waals surface area contributed by atoms with E-state index in [2.05, 4.69) is 46.2 Å². The molecule has 2 amide bonds. The zero-order valence-electron chi connectivity index (χ0n) is 23.1. The maximum absolute atomic E-state index is 13.8. The molecule has 0 spiro atoms. The van der Waals surface area contributed by atoms with E-state index in [4.69, 9.17) is 11.6 Å². The van der Waals surface area contributed by atoms with Gasteiger partial charge in [0.05, 0.1) is 27.7 Å². The topological polar surface area (TPSA) is 163 Å². The molecule has 0 atom stereocenters. The highest BCUT2D eigenvalue weighted by molar-refractivity contribution is 6.32. The van der Waals surface area contributed by atoms with Gasteiger partial charge in [-0.1, -0.05) is 11.6 Å². The predicted octanol–water partition coefficient (Wildman–Crippen LogP) is 3.50. The summed E-state index contributed by atoms with van der Waals surface area (Å²) in [5, 5.41) is 23.0. The van der Waals surface area contributed by atoms with Crippen molar-refractivity contribution in [3.63, 3.8) is 0 Å². The van der Waals surface area contributed by atoms with Gasteiger partial charge < -0.3 is 10.6 Å². The highest BCUT2D eigenvalue weighted by atomic mass is 35.5. The van der Waals surface area contributed by atoms with Crippen LogP contribution in [0.4, 0.5) is 27.6 Å². The summed E-state index contributed by atoms with van der Waals surface area (Å²) < 4.78 is 68.2. The standard InChI is InChI=1S/C25H20ClF5N12O2/c1-3-33-21(44)16-9-15(41-12-32-11-35-41)7-13(2)19(16)36-22(45)18-8-14(38-43(18)20-17(26)5-4-6-34-20)10-42-39-23(37-40-42)24(27,28)25(29,30)31/h4-9,11-12H,3,10H2,1-2H3,(H,33,44)(H,36,45). The number of tetrazole rings is 1. The SMILES string of the molecule is CCNC(=O)c1cc(-n2cncn2)cc(C)c1NC(=O)c1cc(Cn2nnc(C(F)(F)C(F)(F)F)n2)nn1-c1ncccc1Cl. The second-order valence-corrected chi connectivity index (χ2v) is 9.70. The van der Waals surface area contributed by atoms with E-state index in [9.17, 15) is 31.5 Å². The lowest BCUT2D eigenvalue weighted by atomic mass is 10.0. The van der Waals surface area contributed by atoms with Gasteiger partial charge in [0.2, 0.25) is 0 Å². The number of benzene rings is 1. The van der Waals surface area contributed by atoms with Crippen molar-refractivity contribution in [2.45, 2.75) is 32.5 Å². The summed E-state index contributed by atoms with van der Waals surface area (Å²) >= 11 is 6.30. The second-order valence-electron chi connectivity index (χ2n) is 9.30. The summed E-state index contributed by atoms with van der Waals surface area (Å²) in [5.41, 5.74) is 0.977. The highest BCUT2D eigenvalue weighted by Gasteiger charge is 2.62. The molecule has 2 N–H and O–H groups in total. The molecular weight excluding hydrogens is 631 g/mol. The third kappa shape index (κ3) is 6.19. The maximum atomic E-state index is 13.8. The average molecular weight is 651 g/mol. The van der Waals surface area contributed by atoms with Gasteiger partial charge >= 0.3 is 12.1 Å². The summed E-state index contributed by atoms with van der Waals surface area (Å²) in [6.07, 6.45) is -1.82. The van der Waals surface area contributed by atoms with Gasteiger partial charge in [-0.3, -0.25) is 9.59 Å². The fourth-order valence-corrected chi connectivity index (χ4v) is 4.29. The molecule has 0 unspecified atom stereocenters. The van der Waals surface area contributed by atoms with Crippen LogP contribution in [0.3, 0.4) is 0 Å². The van der Waals surface area contributed by atoms with E-state index in [1.165, 1.54) is 47.8 Å². The first kappa shape index (κ1) is 31.1. The molecular formula is C25H20ClF5N12O2. The lowest BCUT2D eigenvalue weighted by Gasteiger charge is -2.16. The van der Waals surface area contributed by atoms with Crippen LogP contribution < -0.4 is 10.6 Å². The normalized spacial score (nSPS) is 11.9. The Balaban J connectivity index is 1.53. The fourth-order valence-electron chi connectivity index (χ4n) is 4.09. The molecule has 14 nitrogen and oxygen atoms in total. The maximum Gasteiger partial charge on any atom is 0.461 e. The molecule has 5 rings (SSSR count). The second kappa shape index (κ2) is 12.0. The fraction of sp³-hybridized carbons (Fsp3) is 0.240. The van der Waals surface area contributed by atoms with Crippen molar-refractivity contribution in [1.29, 1.82) is 0 Å². The van der Waals surface area contributed by atoms with Crippen molar-refractivity contribution in [2.24, 2.45) is 0 Å². The van der Waals surface area contributed by atoms with Crippen LogP contribution in [-0.4, -0.2) is 74.3 Å². The highest BCUT2D eigenvalue weighted by Crippen LogP contribution is 2.41. The zero-order valence-corrected chi connectivity index (χ0v) is 23.8. The number of carbonyl (C=O) groups excluding carboxylic acids is 2. The van der Waals surface area contributed by atoms with Crippen LogP contribution in [0.1, 0.15) is 44.9 Å². The number of aryl methyl sites for hydroxylation is 1. The van der Waals surface area contributed by atoms with Crippen molar-refractivity contribution in [1.82, 2.24) is 55.1 Å². The van der Waals surface area contributed by atoms with Gasteiger partial charge in [-0.15, -0.1) is 10.2 Å². The predicted molar refractivity (Wildman–Crippen MR) is 145 cm³/mol. The van der Waals surface area contributed by atoms with E-state index in [0.29, 0.717) is 22.6 Å². The van der Waals surface area contributed by atoms with Crippen molar-refractivity contribution >= 4 is 29.1 Å². The molecule has 45 heavy (non-hydrogen) atoms. The summed E-state index contributed by atoms with van der Waals surface area (Å²) in [5.74, 6) is -8.51. The average Bonchev–Trinajstić information content (AvgIpc) is 3.76. The van der Waals surface area contributed by atoms with Crippen LogP contribution in [0.5, 0.6) is 0 Å². The van der Waals surface area contributed by atoms with Gasteiger partial charge in [-0.25, -0.2) is 19.3 Å². The largest absolute Gasteiger partial charge is 0.461 e. The number of nitrogens with zero attached hydrogens (tertiary/aromatic N) is 10. The van der Waals surface area contributed by atoms with E-state index >= 15 is 0 Å². The molecule has 234 valence electrons. The number of halogens is 6. The van der Waals surface area contributed by atoms with Crippen LogP contribution in [0, 0.1) is 6.92 Å². The summed E-state index contributed by atoms with van der Waals surface area (Å²) in [7, 11) is 0. The van der Waals surface area contributed by atoms with Crippen LogP contribution >= 0.6 is 11.6 Å². The molecule has 4 heterocycles. The minimum absolute atomic E-state index is 0.00592. The monoisotopic (exact) mass is 650 g/mol. The van der Waals surface area contributed by atoms with Crippen LogP contribution in [-0.2, 0) is 12.5 Å². The number of nitrogens with one attached hydrogen (secondary N) is 2. The van der Waals surface area contributed by atoms with Crippen LogP contribution in [0.15, 0.2) is 49.2 Å². The number of alkyl halides is 5. The molecule has 0 saturated carbocycles. The molecule has 0 saturated heterocycles. The number of amides is 2. The smallest absolute Gasteiger partial charge is 0.352 e. The minimum atomic E-state index is -5.94. The molecule has 1 aromatic carbocycles. The van der Waals surface area contributed by atoms with E-state index in [1.54, 1.807) is 19.9 Å². The Kier molecular flexibility index (Phi) is 8.28. The molecule has 0 aliphatic carbocycles. The van der Waals surface area contributed by atoms with Gasteiger partial charge in [-0.2, -0.15) is 36.9 Å². The Morgan fingerprint density at radius 3 is 2.51 bits per heavy atom. The molecule has 0 aliphatic heterocycles. The van der Waals surface area contributed by atoms with Gasteiger partial charge in [-0.05, 0) is 55.0 Å². The van der Waals surface area contributed by atoms with Gasteiger partial charge in [0.25, 0.3) is 17.6 Å². The van der Waals surface area contributed by atoms with Gasteiger partial charge in [0.15, 0.2) is 5.82 Å². The third-order valence-electron chi connectivity index (χ3n) is 6.15. The first-order valence-corrected chi connectivity index (χ1v) is 13.2. The van der Waals surface area contributed by atoms with E-state index < -0.39 is 36.3 Å². The molecule has 20 heteroatoms. The van der Waals surface area contributed by atoms with Crippen molar-refractivity contribution in [3.05, 3.63) is 82.5 Å². The summed E-state index contributed by atoms with van der Waals surface area (Å²) in [4.78, 5) is 35.3. The van der Waals surface area contributed by atoms with Crippen LogP contribution in [0.25, 0.3) is 11.5 Å². The summed E-state index contributed by atoms with van der Waals surface area (Å²) in [6.45, 7) is 3.11. The van der Waals surface area contributed by atoms with Crippen molar-refractivity contribution in [3.8, 4) is 11.5 Å². The first-order chi connectivity index (χ1) is 21.3. The Bertz CT molecular complexity index is 1870. The van der Waals surface area contributed by atoms with E-state index in [1.807, 2.05) is 0 Å². The Morgan fingerprint density at radius 2 is 1.84 bits per heavy atom. The number of pyridine rings is 1. The number of aromatic nitrogens is 10. The lowest BCUT2D eigenvalue weighted by Crippen LogP contribution is -2.35. The zero-order chi connectivity index (χ0) is 32.5. The molecule has 5 aromatic rings. The Hall–Kier alpha value is -5.33. The lowest BCUT2D eigenvalue weighted by molar-refractivity contribution is -0.292. The van der Waals surface area contributed by atoms with E-state index in [-0.39, 0.29) is 33.5 Å². The van der Waals surface area contributed by atoms with Gasteiger partial charge in [0.1, 0.15) is 24.9 Å². The number of carbonyl (C=O) groups is 2. The molecule has 0 bridgehead atoms. The summed E-state index contributed by atoms with van der Waals surface area (Å²) in [6, 6.07) is 7.37. The van der Waals surface area contributed by atoms with Crippen LogP contribution in [0.2, 0.25) is 5.02 Å². The molecule has 0 aliphatic rings. The molecule has 0 radical (unpaired) electrons. The number of rotatable bonds is 9. The molecule has 4 aromatic heterocycles.